The first kappa shape index (κ1) is 16.7. The molecule has 2 heterocycles. The van der Waals surface area contributed by atoms with Crippen molar-refractivity contribution >= 4 is 23.4 Å². The molecule has 7 heteroatoms. The van der Waals surface area contributed by atoms with Gasteiger partial charge in [0, 0.05) is 18.8 Å². The van der Waals surface area contributed by atoms with Crippen LogP contribution in [0, 0.1) is 0 Å². The van der Waals surface area contributed by atoms with Crippen molar-refractivity contribution in [1.29, 1.82) is 0 Å². The van der Waals surface area contributed by atoms with Crippen molar-refractivity contribution in [3.63, 3.8) is 0 Å². The van der Waals surface area contributed by atoms with E-state index in [1.807, 2.05) is 6.08 Å². The highest BCUT2D eigenvalue weighted by atomic mass is 32.2. The molecule has 0 unspecified atom stereocenters. The molecule has 0 amide bonds. The Labute approximate surface area is 132 Å². The highest BCUT2D eigenvalue weighted by Crippen LogP contribution is 2.26. The van der Waals surface area contributed by atoms with Crippen LogP contribution in [0.25, 0.3) is 0 Å². The minimum absolute atomic E-state index is 0.140. The van der Waals surface area contributed by atoms with E-state index in [1.165, 1.54) is 24.3 Å². The van der Waals surface area contributed by atoms with Gasteiger partial charge >= 0.3 is 5.97 Å². The number of allylic oxidation sites excluding steroid dienone is 2. The monoisotopic (exact) mass is 328 g/mol. The maximum absolute atomic E-state index is 12.7. The van der Waals surface area contributed by atoms with Crippen LogP contribution >= 0.6 is 11.8 Å². The normalized spacial score (nSPS) is 21.3. The van der Waals surface area contributed by atoms with E-state index in [-0.39, 0.29) is 5.57 Å². The third-order valence-corrected chi connectivity index (χ3v) is 4.40. The van der Waals surface area contributed by atoms with Gasteiger partial charge in [-0.1, -0.05) is 23.9 Å². The van der Waals surface area contributed by atoms with Gasteiger partial charge < -0.3 is 9.74 Å². The first-order valence-corrected chi connectivity index (χ1v) is 8.10. The van der Waals surface area contributed by atoms with E-state index in [0.717, 1.165) is 31.0 Å². The molecule has 0 saturated carbocycles. The molecule has 0 radical (unpaired) electrons. The lowest BCUT2D eigenvalue weighted by Crippen LogP contribution is -2.28. The fraction of sp³-hybridized carbons (Fsp3) is 0.467. The molecule has 0 aromatic heterocycles. The van der Waals surface area contributed by atoms with Crippen molar-refractivity contribution in [2.24, 2.45) is 5.16 Å². The van der Waals surface area contributed by atoms with E-state index in [1.54, 1.807) is 6.08 Å². The number of likely N-dealkylation sites (tertiary alicyclic amines) is 1. The number of thioether (sulfide) groups is 1. The standard InChI is InChI=1S/C15H18F2N2O2S/c1-2-6-12(19-8-4-3-5-9-19)22-10-7-11-13(14(16)17)18-21-15(11)20/h2,6-7,14H,1,3-5,8-10H2/b11-7-,12-6-. The molecule has 0 aliphatic carbocycles. The van der Waals surface area contributed by atoms with Crippen LogP contribution in [-0.2, 0) is 9.63 Å². The van der Waals surface area contributed by atoms with Gasteiger partial charge in [-0.3, -0.25) is 0 Å². The predicted molar refractivity (Wildman–Crippen MR) is 83.8 cm³/mol. The zero-order valence-electron chi connectivity index (χ0n) is 12.1. The maximum Gasteiger partial charge on any atom is 0.367 e. The summed E-state index contributed by atoms with van der Waals surface area (Å²) in [5.74, 6) is -0.421. The molecule has 0 bridgehead atoms. The van der Waals surface area contributed by atoms with Crippen LogP contribution in [0.3, 0.4) is 0 Å². The summed E-state index contributed by atoms with van der Waals surface area (Å²) in [6.45, 7) is 5.67. The molecular weight excluding hydrogens is 310 g/mol. The lowest BCUT2D eigenvalue weighted by atomic mass is 10.1. The van der Waals surface area contributed by atoms with Gasteiger partial charge in [-0.05, 0) is 25.3 Å². The van der Waals surface area contributed by atoms with Crippen molar-refractivity contribution in [2.75, 3.05) is 18.8 Å². The first-order chi connectivity index (χ1) is 10.6. The Kier molecular flexibility index (Phi) is 6.18. The third kappa shape index (κ3) is 4.19. The van der Waals surface area contributed by atoms with Crippen molar-refractivity contribution in [3.8, 4) is 0 Å². The second-order valence-electron chi connectivity index (χ2n) is 4.87. The van der Waals surface area contributed by atoms with Crippen LogP contribution in [0.1, 0.15) is 19.3 Å². The molecule has 0 atom stereocenters. The molecule has 4 nitrogen and oxygen atoms in total. The lowest BCUT2D eigenvalue weighted by Gasteiger charge is -2.30. The summed E-state index contributed by atoms with van der Waals surface area (Å²) in [5.41, 5.74) is -0.725. The Morgan fingerprint density at radius 1 is 1.41 bits per heavy atom. The van der Waals surface area contributed by atoms with E-state index in [0.29, 0.717) is 5.75 Å². The van der Waals surface area contributed by atoms with Gasteiger partial charge in [-0.15, -0.1) is 11.8 Å². The average molecular weight is 328 g/mol. The molecule has 0 aromatic rings. The van der Waals surface area contributed by atoms with Gasteiger partial charge in [0.1, 0.15) is 0 Å². The molecule has 0 N–H and O–H groups in total. The SMILES string of the molecule is C=C/C=C(\SC/C=C1\C(=O)ON=C1C(F)F)N1CCCCC1. The van der Waals surface area contributed by atoms with Gasteiger partial charge in [0.15, 0.2) is 5.71 Å². The predicted octanol–water partition coefficient (Wildman–Crippen LogP) is 3.34. The van der Waals surface area contributed by atoms with Crippen molar-refractivity contribution < 1.29 is 18.4 Å². The van der Waals surface area contributed by atoms with E-state index >= 15 is 0 Å². The van der Waals surface area contributed by atoms with Crippen LogP contribution in [-0.4, -0.2) is 41.8 Å². The van der Waals surface area contributed by atoms with Crippen LogP contribution in [0.2, 0.25) is 0 Å². The van der Waals surface area contributed by atoms with E-state index in [2.05, 4.69) is 21.5 Å². The zero-order chi connectivity index (χ0) is 15.9. The van der Waals surface area contributed by atoms with Gasteiger partial charge in [-0.2, -0.15) is 0 Å². The van der Waals surface area contributed by atoms with Crippen LogP contribution < -0.4 is 0 Å². The Hall–Kier alpha value is -1.63. The number of alkyl halides is 2. The summed E-state index contributed by atoms with van der Waals surface area (Å²) in [5, 5.41) is 4.16. The summed E-state index contributed by atoms with van der Waals surface area (Å²) in [7, 11) is 0. The summed E-state index contributed by atoms with van der Waals surface area (Å²) in [4.78, 5) is 18.0. The Bertz CT molecular complexity index is 524. The van der Waals surface area contributed by atoms with Crippen molar-refractivity contribution in [3.05, 3.63) is 35.4 Å². The topological polar surface area (TPSA) is 41.9 Å². The number of carbonyl (C=O) groups excluding carboxylic acids is 1. The number of halogens is 2. The molecule has 22 heavy (non-hydrogen) atoms. The lowest BCUT2D eigenvalue weighted by molar-refractivity contribution is -0.136. The highest BCUT2D eigenvalue weighted by Gasteiger charge is 2.31. The molecule has 0 spiro atoms. The summed E-state index contributed by atoms with van der Waals surface area (Å²) in [6.07, 6.45) is 5.77. The maximum atomic E-state index is 12.7. The Morgan fingerprint density at radius 2 is 2.14 bits per heavy atom. The number of nitrogens with zero attached hydrogens (tertiary/aromatic N) is 2. The first-order valence-electron chi connectivity index (χ1n) is 7.12. The zero-order valence-corrected chi connectivity index (χ0v) is 13.0. The number of hydrogen-bond donors (Lipinski definition) is 0. The van der Waals surface area contributed by atoms with E-state index in [9.17, 15) is 13.6 Å². The molecule has 120 valence electrons. The highest BCUT2D eigenvalue weighted by molar-refractivity contribution is 8.03. The van der Waals surface area contributed by atoms with Crippen molar-refractivity contribution in [2.45, 2.75) is 25.7 Å². The molecule has 1 saturated heterocycles. The summed E-state index contributed by atoms with van der Waals surface area (Å²) >= 11 is 1.49. The quantitative estimate of drug-likeness (QED) is 0.426. The van der Waals surface area contributed by atoms with Crippen LogP contribution in [0.4, 0.5) is 8.78 Å². The summed E-state index contributed by atoms with van der Waals surface area (Å²) in [6, 6.07) is 0. The van der Waals surface area contributed by atoms with Gasteiger partial charge in [0.2, 0.25) is 0 Å². The third-order valence-electron chi connectivity index (χ3n) is 3.38. The molecule has 2 aliphatic heterocycles. The fourth-order valence-electron chi connectivity index (χ4n) is 2.31. The number of rotatable bonds is 6. The van der Waals surface area contributed by atoms with E-state index < -0.39 is 18.1 Å². The second kappa shape index (κ2) is 8.12. The van der Waals surface area contributed by atoms with Gasteiger partial charge in [-0.25, -0.2) is 13.6 Å². The van der Waals surface area contributed by atoms with Crippen molar-refractivity contribution in [1.82, 2.24) is 4.90 Å². The minimum atomic E-state index is -2.81. The Morgan fingerprint density at radius 3 is 2.77 bits per heavy atom. The molecule has 0 aromatic carbocycles. The fourth-order valence-corrected chi connectivity index (χ4v) is 3.29. The molecule has 2 aliphatic rings. The Balaban J connectivity index is 1.99. The smallest absolute Gasteiger partial charge is 0.366 e. The number of hydrogen-bond acceptors (Lipinski definition) is 5. The molecule has 1 fully saturated rings. The number of carbonyl (C=O) groups is 1. The number of piperidine rings is 1. The second-order valence-corrected chi connectivity index (χ2v) is 5.91. The van der Waals surface area contributed by atoms with Gasteiger partial charge in [0.05, 0.1) is 10.6 Å². The van der Waals surface area contributed by atoms with E-state index in [4.69, 9.17) is 0 Å². The minimum Gasteiger partial charge on any atom is -0.366 e. The largest absolute Gasteiger partial charge is 0.367 e. The summed E-state index contributed by atoms with van der Waals surface area (Å²) < 4.78 is 25.4. The van der Waals surface area contributed by atoms with Crippen LogP contribution in [0.15, 0.2) is 40.6 Å². The van der Waals surface area contributed by atoms with Gasteiger partial charge in [0.25, 0.3) is 6.43 Å². The number of oxime groups is 1. The average Bonchev–Trinajstić information content (AvgIpc) is 2.89. The molecular formula is C15H18F2N2O2S. The molecule has 2 rings (SSSR count). The van der Waals surface area contributed by atoms with Crippen LogP contribution in [0.5, 0.6) is 0 Å².